The fourth-order valence-corrected chi connectivity index (χ4v) is 6.56. The van der Waals surface area contributed by atoms with Crippen LogP contribution in [0.25, 0.3) is 16.6 Å². The number of hydrogen-bond donors (Lipinski definition) is 1. The summed E-state index contributed by atoms with van der Waals surface area (Å²) in [6.45, 7) is 4.65. The Balaban J connectivity index is 1.37. The van der Waals surface area contributed by atoms with Crippen LogP contribution in [0.5, 0.6) is 5.75 Å². The molecule has 1 heterocycles. The number of carbonyl (C=O) groups excluding carboxylic acids is 1. The first-order valence-corrected chi connectivity index (χ1v) is 13.2. The number of nitrogens with one attached hydrogen (secondary N) is 1. The van der Waals surface area contributed by atoms with Gasteiger partial charge in [0, 0.05) is 6.04 Å². The molecule has 7 heteroatoms. The number of hydrogen-bond acceptors (Lipinski definition) is 5. The summed E-state index contributed by atoms with van der Waals surface area (Å²) in [7, 11) is 0. The van der Waals surface area contributed by atoms with Gasteiger partial charge in [-0.25, -0.2) is 4.98 Å². The molecular formula is C27H31N3O3S. The smallest absolute Gasteiger partial charge is 0.266 e. The lowest BCUT2D eigenvalue weighted by Crippen LogP contribution is -2.41. The highest BCUT2D eigenvalue weighted by atomic mass is 32.2. The van der Waals surface area contributed by atoms with Gasteiger partial charge in [0.2, 0.25) is 5.91 Å². The Morgan fingerprint density at radius 1 is 1.18 bits per heavy atom. The van der Waals surface area contributed by atoms with Gasteiger partial charge < -0.3 is 10.1 Å². The zero-order valence-electron chi connectivity index (χ0n) is 19.7. The molecule has 1 amide bonds. The van der Waals surface area contributed by atoms with Gasteiger partial charge in [0.1, 0.15) is 5.75 Å². The maximum atomic E-state index is 13.4. The third kappa shape index (κ3) is 4.58. The molecule has 2 fully saturated rings. The SMILES string of the molecule is CCOc1ccc(-n2c(SCC(=O)NC(C)C3CC4CCC3C4)nc3ccccc3c2=O)cc1. The average molecular weight is 478 g/mol. The molecule has 1 aromatic heterocycles. The van der Waals surface area contributed by atoms with Crippen LogP contribution in [0, 0.1) is 17.8 Å². The van der Waals surface area contributed by atoms with Crippen molar-refractivity contribution >= 4 is 28.6 Å². The van der Waals surface area contributed by atoms with Crippen molar-refractivity contribution in [2.45, 2.75) is 50.7 Å². The zero-order chi connectivity index (χ0) is 23.7. The van der Waals surface area contributed by atoms with Crippen LogP contribution in [-0.4, -0.2) is 33.9 Å². The molecule has 4 unspecified atom stereocenters. The number of aromatic nitrogens is 2. The number of fused-ring (bicyclic) bond motifs is 3. The number of rotatable bonds is 8. The molecule has 178 valence electrons. The Hall–Kier alpha value is -2.80. The van der Waals surface area contributed by atoms with Gasteiger partial charge in [-0.05, 0) is 87.3 Å². The molecule has 0 saturated heterocycles. The summed E-state index contributed by atoms with van der Waals surface area (Å²) in [5.74, 6) is 3.16. The van der Waals surface area contributed by atoms with E-state index in [2.05, 4.69) is 12.2 Å². The Morgan fingerprint density at radius 2 is 1.97 bits per heavy atom. The van der Waals surface area contributed by atoms with Crippen LogP contribution >= 0.6 is 11.8 Å². The summed E-state index contributed by atoms with van der Waals surface area (Å²) in [5.41, 5.74) is 1.19. The molecule has 2 aliphatic rings. The largest absolute Gasteiger partial charge is 0.494 e. The first-order chi connectivity index (χ1) is 16.5. The Labute approximate surface area is 204 Å². The third-order valence-corrected chi connectivity index (χ3v) is 8.25. The molecule has 2 aliphatic carbocycles. The Kier molecular flexibility index (Phi) is 6.63. The van der Waals surface area contributed by atoms with Gasteiger partial charge in [-0.3, -0.25) is 14.2 Å². The minimum Gasteiger partial charge on any atom is -0.494 e. The highest BCUT2D eigenvalue weighted by molar-refractivity contribution is 7.99. The summed E-state index contributed by atoms with van der Waals surface area (Å²) in [5, 5.41) is 4.28. The molecule has 3 aromatic rings. The molecule has 0 aliphatic heterocycles. The van der Waals surface area contributed by atoms with Crippen molar-refractivity contribution in [1.29, 1.82) is 0 Å². The van der Waals surface area contributed by atoms with Gasteiger partial charge in [0.25, 0.3) is 5.56 Å². The Bertz CT molecular complexity index is 1240. The first-order valence-electron chi connectivity index (χ1n) is 12.2. The summed E-state index contributed by atoms with van der Waals surface area (Å²) in [6, 6.07) is 14.9. The zero-order valence-corrected chi connectivity index (χ0v) is 20.5. The number of benzene rings is 2. The minimum absolute atomic E-state index is 0.0130. The van der Waals surface area contributed by atoms with Crippen LogP contribution in [0.2, 0.25) is 0 Å². The van der Waals surface area contributed by atoms with E-state index in [0.29, 0.717) is 34.3 Å². The van der Waals surface area contributed by atoms with Gasteiger partial charge in [-0.1, -0.05) is 30.3 Å². The summed E-state index contributed by atoms with van der Waals surface area (Å²) in [6.07, 6.45) is 5.23. The van der Waals surface area contributed by atoms with Crippen molar-refractivity contribution in [2.75, 3.05) is 12.4 Å². The first kappa shape index (κ1) is 23.0. The lowest BCUT2D eigenvalue weighted by atomic mass is 9.84. The molecule has 2 aromatic carbocycles. The highest BCUT2D eigenvalue weighted by Gasteiger charge is 2.42. The number of thioether (sulfide) groups is 1. The van der Waals surface area contributed by atoms with E-state index in [9.17, 15) is 9.59 Å². The summed E-state index contributed by atoms with van der Waals surface area (Å²) >= 11 is 1.30. The molecule has 2 saturated carbocycles. The third-order valence-electron chi connectivity index (χ3n) is 7.31. The van der Waals surface area contributed by atoms with Crippen molar-refractivity contribution in [1.82, 2.24) is 14.9 Å². The molecule has 0 radical (unpaired) electrons. The van der Waals surface area contributed by atoms with E-state index < -0.39 is 0 Å². The van der Waals surface area contributed by atoms with E-state index >= 15 is 0 Å². The van der Waals surface area contributed by atoms with Crippen LogP contribution in [0.15, 0.2) is 58.5 Å². The van der Waals surface area contributed by atoms with Crippen LogP contribution in [0.3, 0.4) is 0 Å². The summed E-state index contributed by atoms with van der Waals surface area (Å²) in [4.78, 5) is 31.0. The molecule has 6 nitrogen and oxygen atoms in total. The second-order valence-electron chi connectivity index (χ2n) is 9.46. The van der Waals surface area contributed by atoms with Gasteiger partial charge >= 0.3 is 0 Å². The van der Waals surface area contributed by atoms with Gasteiger partial charge in [0.15, 0.2) is 5.16 Å². The second kappa shape index (κ2) is 9.82. The number of amides is 1. The van der Waals surface area contributed by atoms with Crippen LogP contribution < -0.4 is 15.6 Å². The van der Waals surface area contributed by atoms with E-state index in [4.69, 9.17) is 9.72 Å². The fourth-order valence-electron chi connectivity index (χ4n) is 5.73. The van der Waals surface area contributed by atoms with Crippen molar-refractivity contribution < 1.29 is 9.53 Å². The van der Waals surface area contributed by atoms with Gasteiger partial charge in [-0.2, -0.15) is 0 Å². The molecular weight excluding hydrogens is 446 g/mol. The Morgan fingerprint density at radius 3 is 2.68 bits per heavy atom. The van der Waals surface area contributed by atoms with E-state index in [1.807, 2.05) is 49.4 Å². The van der Waals surface area contributed by atoms with Crippen LogP contribution in [-0.2, 0) is 4.79 Å². The predicted octanol–water partition coefficient (Wildman–Crippen LogP) is 4.82. The maximum Gasteiger partial charge on any atom is 0.266 e. The summed E-state index contributed by atoms with van der Waals surface area (Å²) < 4.78 is 7.14. The highest BCUT2D eigenvalue weighted by Crippen LogP contribution is 2.49. The normalized spacial score (nSPS) is 22.1. The van der Waals surface area contributed by atoms with Crippen molar-refractivity contribution in [3.8, 4) is 11.4 Å². The predicted molar refractivity (Wildman–Crippen MR) is 136 cm³/mol. The minimum atomic E-state index is -0.145. The number of carbonyl (C=O) groups is 1. The average Bonchev–Trinajstić information content (AvgIpc) is 3.48. The van der Waals surface area contributed by atoms with Crippen LogP contribution in [0.1, 0.15) is 39.5 Å². The molecule has 34 heavy (non-hydrogen) atoms. The van der Waals surface area contributed by atoms with E-state index in [1.54, 1.807) is 10.6 Å². The van der Waals surface area contributed by atoms with Crippen molar-refractivity contribution in [2.24, 2.45) is 17.8 Å². The number of nitrogens with zero attached hydrogens (tertiary/aromatic N) is 2. The lowest BCUT2D eigenvalue weighted by molar-refractivity contribution is -0.119. The quantitative estimate of drug-likeness (QED) is 0.372. The molecule has 1 N–H and O–H groups in total. The fraction of sp³-hybridized carbons (Fsp3) is 0.444. The monoisotopic (exact) mass is 477 g/mol. The number of para-hydroxylation sites is 1. The van der Waals surface area contributed by atoms with E-state index in [-0.39, 0.29) is 23.3 Å². The molecule has 5 rings (SSSR count). The van der Waals surface area contributed by atoms with Gasteiger partial charge in [-0.15, -0.1) is 0 Å². The van der Waals surface area contributed by atoms with Crippen molar-refractivity contribution in [3.05, 3.63) is 58.9 Å². The van der Waals surface area contributed by atoms with Crippen molar-refractivity contribution in [3.63, 3.8) is 0 Å². The van der Waals surface area contributed by atoms with E-state index in [0.717, 1.165) is 17.6 Å². The van der Waals surface area contributed by atoms with E-state index in [1.165, 1.54) is 37.4 Å². The molecule has 0 spiro atoms. The van der Waals surface area contributed by atoms with Gasteiger partial charge in [0.05, 0.1) is 29.0 Å². The van der Waals surface area contributed by atoms with Crippen LogP contribution in [0.4, 0.5) is 0 Å². The molecule has 2 bridgehead atoms. The second-order valence-corrected chi connectivity index (χ2v) is 10.4. The maximum absolute atomic E-state index is 13.4. The molecule has 4 atom stereocenters. The number of ether oxygens (including phenoxy) is 1. The topological polar surface area (TPSA) is 73.2 Å². The standard InChI is InChI=1S/C27H31N3O3S/c1-3-33-21-12-10-20(11-13-21)30-26(32)22-6-4-5-7-24(22)29-27(30)34-16-25(31)28-17(2)23-15-18-8-9-19(23)14-18/h4-7,10-13,17-19,23H,3,8-9,14-16H2,1-2H3,(H,28,31). The lowest BCUT2D eigenvalue weighted by Gasteiger charge is -2.28.